The number of imide groups is 1. The quantitative estimate of drug-likeness (QED) is 0.485. The minimum Gasteiger partial charge on any atom is -0.497 e. The van der Waals surface area contributed by atoms with Crippen LogP contribution in [0, 0.1) is 0 Å². The number of carbonyl (C=O) groups is 3. The van der Waals surface area contributed by atoms with Crippen molar-refractivity contribution in [1.82, 2.24) is 9.80 Å². The van der Waals surface area contributed by atoms with E-state index in [1.54, 1.807) is 24.1 Å². The Labute approximate surface area is 178 Å². The highest BCUT2D eigenvalue weighted by Crippen LogP contribution is 2.43. The molecule has 1 heterocycles. The van der Waals surface area contributed by atoms with Gasteiger partial charge in [-0.3, -0.25) is 19.3 Å². The van der Waals surface area contributed by atoms with Crippen molar-refractivity contribution in [2.24, 2.45) is 0 Å². The van der Waals surface area contributed by atoms with E-state index >= 15 is 0 Å². The van der Waals surface area contributed by atoms with E-state index < -0.39 is 5.41 Å². The van der Waals surface area contributed by atoms with Crippen molar-refractivity contribution in [3.05, 3.63) is 42.0 Å². The number of benzene rings is 1. The number of nitrogens with zero attached hydrogens (tertiary/aromatic N) is 2. The Morgan fingerprint density at radius 3 is 2.60 bits per heavy atom. The average Bonchev–Trinajstić information content (AvgIpc) is 3.32. The lowest BCUT2D eigenvalue weighted by Crippen LogP contribution is -2.46. The number of likely N-dealkylation sites (tertiary alicyclic amines) is 1. The van der Waals surface area contributed by atoms with Crippen LogP contribution in [0.1, 0.15) is 57.9 Å². The number of amides is 3. The van der Waals surface area contributed by atoms with Crippen molar-refractivity contribution < 1.29 is 19.1 Å². The molecule has 0 N–H and O–H groups in total. The fourth-order valence-electron chi connectivity index (χ4n) is 4.75. The molecule has 0 spiro atoms. The van der Waals surface area contributed by atoms with E-state index in [1.807, 2.05) is 26.0 Å². The van der Waals surface area contributed by atoms with Gasteiger partial charge in [0.15, 0.2) is 0 Å². The Bertz CT molecular complexity index is 843. The third-order valence-corrected chi connectivity index (χ3v) is 6.31. The summed E-state index contributed by atoms with van der Waals surface area (Å²) < 4.78 is 5.36. The van der Waals surface area contributed by atoms with Gasteiger partial charge in [-0.05, 0) is 44.4 Å². The van der Waals surface area contributed by atoms with E-state index in [0.717, 1.165) is 31.3 Å². The van der Waals surface area contributed by atoms with Crippen LogP contribution in [0.4, 0.5) is 0 Å². The van der Waals surface area contributed by atoms with E-state index in [9.17, 15) is 14.4 Å². The summed E-state index contributed by atoms with van der Waals surface area (Å²) in [5.41, 5.74) is 0.357. The van der Waals surface area contributed by atoms with Gasteiger partial charge >= 0.3 is 0 Å². The second-order valence-corrected chi connectivity index (χ2v) is 8.54. The second kappa shape index (κ2) is 9.02. The maximum atomic E-state index is 13.8. The molecule has 1 aliphatic carbocycles. The van der Waals surface area contributed by atoms with Gasteiger partial charge in [-0.1, -0.05) is 37.1 Å². The van der Waals surface area contributed by atoms with Crippen LogP contribution >= 0.6 is 0 Å². The summed E-state index contributed by atoms with van der Waals surface area (Å²) >= 11 is 0. The molecule has 2 fully saturated rings. The van der Waals surface area contributed by atoms with Crippen molar-refractivity contribution in [2.45, 2.75) is 63.8 Å². The van der Waals surface area contributed by atoms with Crippen LogP contribution in [0.3, 0.4) is 0 Å². The molecule has 1 saturated heterocycles. The topological polar surface area (TPSA) is 66.9 Å². The number of rotatable bonds is 8. The minimum absolute atomic E-state index is 0.0197. The van der Waals surface area contributed by atoms with Crippen LogP contribution in [0.2, 0.25) is 0 Å². The lowest BCUT2D eigenvalue weighted by molar-refractivity contribution is -0.144. The normalized spacial score (nSPS) is 21.9. The first-order chi connectivity index (χ1) is 14.3. The van der Waals surface area contributed by atoms with Crippen LogP contribution in [-0.2, 0) is 19.8 Å². The van der Waals surface area contributed by atoms with Gasteiger partial charge in [0.25, 0.3) is 0 Å². The molecule has 6 heteroatoms. The Morgan fingerprint density at radius 2 is 2.00 bits per heavy atom. The van der Waals surface area contributed by atoms with Gasteiger partial charge in [-0.15, -0.1) is 0 Å². The zero-order valence-electron chi connectivity index (χ0n) is 18.3. The Morgan fingerprint density at radius 1 is 1.30 bits per heavy atom. The van der Waals surface area contributed by atoms with Gasteiger partial charge in [0, 0.05) is 32.0 Å². The van der Waals surface area contributed by atoms with Crippen LogP contribution in [0.25, 0.3) is 0 Å². The first-order valence-electron chi connectivity index (χ1n) is 10.8. The summed E-state index contributed by atoms with van der Waals surface area (Å²) in [6.45, 7) is 8.65. The van der Waals surface area contributed by atoms with E-state index in [-0.39, 0.29) is 36.6 Å². The summed E-state index contributed by atoms with van der Waals surface area (Å²) in [4.78, 5) is 43.2. The number of likely N-dealkylation sites (N-methyl/N-ethyl adjacent to an activating group) is 1. The monoisotopic (exact) mass is 412 g/mol. The molecule has 0 aromatic heterocycles. The lowest BCUT2D eigenvalue weighted by Gasteiger charge is -2.31. The van der Waals surface area contributed by atoms with Gasteiger partial charge in [0.1, 0.15) is 5.75 Å². The molecule has 0 unspecified atom stereocenters. The molecule has 162 valence electrons. The predicted octanol–water partition coefficient (Wildman–Crippen LogP) is 3.45. The molecular weight excluding hydrogens is 380 g/mol. The molecule has 1 aromatic carbocycles. The summed E-state index contributed by atoms with van der Waals surface area (Å²) in [5.74, 6) is 0.0452. The molecule has 30 heavy (non-hydrogen) atoms. The van der Waals surface area contributed by atoms with Gasteiger partial charge in [-0.2, -0.15) is 0 Å². The largest absolute Gasteiger partial charge is 0.497 e. The standard InChI is InChI=1S/C24H32N2O4/c1-5-25(16-17(2)3)21(27)14-24(18-9-8-12-20(13-18)30-4)15-22(28)26(23(24)29)19-10-6-7-11-19/h8-9,12-13,19H,2,5-7,10-11,14-16H2,1,3-4H3/t24-/m1/s1. The molecule has 3 rings (SSSR count). The third-order valence-electron chi connectivity index (χ3n) is 6.31. The van der Waals surface area contributed by atoms with Crippen molar-refractivity contribution in [1.29, 1.82) is 0 Å². The predicted molar refractivity (Wildman–Crippen MR) is 115 cm³/mol. The van der Waals surface area contributed by atoms with Crippen LogP contribution in [0.5, 0.6) is 5.75 Å². The first kappa shape index (κ1) is 22.1. The summed E-state index contributed by atoms with van der Waals surface area (Å²) in [5, 5.41) is 0. The summed E-state index contributed by atoms with van der Waals surface area (Å²) in [6.07, 6.45) is 3.72. The number of methoxy groups -OCH3 is 1. The zero-order chi connectivity index (χ0) is 21.9. The molecule has 2 aliphatic rings. The Balaban J connectivity index is 2.01. The third kappa shape index (κ3) is 4.13. The van der Waals surface area contributed by atoms with Gasteiger partial charge in [-0.25, -0.2) is 0 Å². The molecule has 0 radical (unpaired) electrons. The van der Waals surface area contributed by atoms with Crippen LogP contribution in [-0.4, -0.2) is 53.8 Å². The highest BCUT2D eigenvalue weighted by molar-refractivity contribution is 6.11. The van der Waals surface area contributed by atoms with Crippen molar-refractivity contribution in [3.63, 3.8) is 0 Å². The molecule has 3 amide bonds. The number of hydrogen-bond donors (Lipinski definition) is 0. The SMILES string of the molecule is C=C(C)CN(CC)C(=O)C[C@]1(c2cccc(OC)c2)CC(=O)N(C2CCCC2)C1=O. The average molecular weight is 413 g/mol. The maximum absolute atomic E-state index is 13.8. The fourth-order valence-corrected chi connectivity index (χ4v) is 4.75. The van der Waals surface area contributed by atoms with E-state index in [0.29, 0.717) is 24.4 Å². The van der Waals surface area contributed by atoms with Crippen molar-refractivity contribution >= 4 is 17.7 Å². The molecule has 1 saturated carbocycles. The maximum Gasteiger partial charge on any atom is 0.241 e. The van der Waals surface area contributed by atoms with E-state index in [1.165, 1.54) is 4.90 Å². The lowest BCUT2D eigenvalue weighted by atomic mass is 9.75. The zero-order valence-corrected chi connectivity index (χ0v) is 18.3. The Kier molecular flexibility index (Phi) is 6.64. The van der Waals surface area contributed by atoms with E-state index in [2.05, 4.69) is 6.58 Å². The number of ether oxygens (including phenoxy) is 1. The van der Waals surface area contributed by atoms with Gasteiger partial charge in [0.05, 0.1) is 12.5 Å². The molecule has 6 nitrogen and oxygen atoms in total. The summed E-state index contributed by atoms with van der Waals surface area (Å²) in [6, 6.07) is 7.17. The van der Waals surface area contributed by atoms with E-state index in [4.69, 9.17) is 4.74 Å². The highest BCUT2D eigenvalue weighted by Gasteiger charge is 2.56. The number of carbonyl (C=O) groups excluding carboxylic acids is 3. The van der Waals surface area contributed by atoms with Crippen molar-refractivity contribution in [3.8, 4) is 5.75 Å². The molecule has 1 aliphatic heterocycles. The molecule has 1 aromatic rings. The summed E-state index contributed by atoms with van der Waals surface area (Å²) in [7, 11) is 1.56. The molecular formula is C24H32N2O4. The number of hydrogen-bond acceptors (Lipinski definition) is 4. The molecule has 1 atom stereocenters. The Hall–Kier alpha value is -2.63. The van der Waals surface area contributed by atoms with Crippen LogP contribution in [0.15, 0.2) is 36.4 Å². The van der Waals surface area contributed by atoms with Crippen LogP contribution < -0.4 is 4.74 Å². The van der Waals surface area contributed by atoms with Crippen molar-refractivity contribution in [2.75, 3.05) is 20.2 Å². The van der Waals surface area contributed by atoms with Gasteiger partial charge in [0.2, 0.25) is 17.7 Å². The highest BCUT2D eigenvalue weighted by atomic mass is 16.5. The molecule has 0 bridgehead atoms. The first-order valence-corrected chi connectivity index (χ1v) is 10.8. The second-order valence-electron chi connectivity index (χ2n) is 8.54. The smallest absolute Gasteiger partial charge is 0.241 e. The van der Waals surface area contributed by atoms with Gasteiger partial charge < -0.3 is 9.64 Å². The fraction of sp³-hybridized carbons (Fsp3) is 0.542. The minimum atomic E-state index is -1.19.